The van der Waals surface area contributed by atoms with Crippen LogP contribution in [0, 0.1) is 0 Å². The summed E-state index contributed by atoms with van der Waals surface area (Å²) < 4.78 is 33.7. The van der Waals surface area contributed by atoms with Gasteiger partial charge in [-0.25, -0.2) is 8.42 Å². The van der Waals surface area contributed by atoms with Gasteiger partial charge in [-0.05, 0) is 35.2 Å². The minimum absolute atomic E-state index is 0. The third-order valence-corrected chi connectivity index (χ3v) is 4.39. The molecule has 0 aliphatic heterocycles. The summed E-state index contributed by atoms with van der Waals surface area (Å²) in [7, 11) is -4.42. The number of hydrogen-bond acceptors (Lipinski definition) is 3. The van der Waals surface area contributed by atoms with Gasteiger partial charge in [-0.3, -0.25) is 0 Å². The fraction of sp³-hybridized carbons (Fsp3) is 0.375. The molecule has 2 aromatic rings. The molecule has 0 unspecified atom stereocenters. The van der Waals surface area contributed by atoms with Crippen LogP contribution in [0.1, 0.15) is 38.2 Å². The van der Waals surface area contributed by atoms with Crippen molar-refractivity contribution in [3.8, 4) is 0 Å². The molecule has 0 saturated heterocycles. The normalized spacial score (nSPS) is 11.3. The number of rotatable bonds is 6. The van der Waals surface area contributed by atoms with Gasteiger partial charge in [-0.1, -0.05) is 56.5 Å². The van der Waals surface area contributed by atoms with Gasteiger partial charge in [0, 0.05) is 0 Å². The van der Waals surface area contributed by atoms with Crippen LogP contribution >= 0.6 is 0 Å². The van der Waals surface area contributed by atoms with Crippen molar-refractivity contribution in [1.29, 1.82) is 0 Å². The van der Waals surface area contributed by atoms with E-state index in [2.05, 4.69) is 6.92 Å². The molecule has 108 valence electrons. The van der Waals surface area contributed by atoms with Gasteiger partial charge < -0.3 is 4.55 Å². The first-order chi connectivity index (χ1) is 9.52. The van der Waals surface area contributed by atoms with E-state index in [1.54, 1.807) is 12.1 Å². The van der Waals surface area contributed by atoms with Crippen LogP contribution in [0.3, 0.4) is 0 Å². The van der Waals surface area contributed by atoms with Crippen molar-refractivity contribution >= 4 is 20.9 Å². The Morgan fingerprint density at radius 3 is 2.48 bits per heavy atom. The van der Waals surface area contributed by atoms with E-state index < -0.39 is 10.1 Å². The van der Waals surface area contributed by atoms with E-state index in [0.29, 0.717) is 5.39 Å². The van der Waals surface area contributed by atoms with E-state index in [4.69, 9.17) is 0 Å². The Morgan fingerprint density at radius 2 is 1.81 bits per heavy atom. The van der Waals surface area contributed by atoms with Crippen LogP contribution in [0.15, 0.2) is 41.3 Å². The van der Waals surface area contributed by atoms with Crippen molar-refractivity contribution in [3.05, 3.63) is 42.0 Å². The molecule has 5 heteroatoms. The molecule has 3 nitrogen and oxygen atoms in total. The molecular formula is C16H19NaO3S. The molecule has 0 aliphatic rings. The summed E-state index contributed by atoms with van der Waals surface area (Å²) in [5.41, 5.74) is 1.19. The van der Waals surface area contributed by atoms with Gasteiger partial charge in [0.15, 0.2) is 0 Å². The third kappa shape index (κ3) is 5.08. The predicted molar refractivity (Wildman–Crippen MR) is 79.8 cm³/mol. The zero-order chi connectivity index (χ0) is 14.6. The van der Waals surface area contributed by atoms with Crippen molar-refractivity contribution in [1.82, 2.24) is 0 Å². The molecule has 0 fully saturated rings. The molecule has 0 atom stereocenters. The monoisotopic (exact) mass is 314 g/mol. The van der Waals surface area contributed by atoms with Crippen LogP contribution in [0.25, 0.3) is 10.8 Å². The molecule has 0 amide bonds. The van der Waals surface area contributed by atoms with E-state index in [1.807, 2.05) is 18.2 Å². The molecule has 0 aliphatic carbocycles. The van der Waals surface area contributed by atoms with Crippen LogP contribution < -0.4 is 29.6 Å². The second-order valence-corrected chi connectivity index (χ2v) is 6.42. The first kappa shape index (κ1) is 18.7. The fourth-order valence-electron chi connectivity index (χ4n) is 2.43. The standard InChI is InChI=1S/C16H20O3S.Na/c1-2-3-4-5-7-13-10-11-15-14(12-13)8-6-9-16(15)20(17,18)19;/h6,8-12H,2-5,7H2,1H3,(H,17,18,19);/q;+1/p-1. The van der Waals surface area contributed by atoms with Crippen molar-refractivity contribution in [2.75, 3.05) is 0 Å². The number of fused-ring (bicyclic) bond motifs is 1. The fourth-order valence-corrected chi connectivity index (χ4v) is 3.13. The van der Waals surface area contributed by atoms with E-state index in [-0.39, 0.29) is 34.5 Å². The van der Waals surface area contributed by atoms with Crippen molar-refractivity contribution < 1.29 is 42.5 Å². The summed E-state index contributed by atoms with van der Waals surface area (Å²) in [5.74, 6) is 0. The van der Waals surface area contributed by atoms with Gasteiger partial charge in [0.25, 0.3) is 0 Å². The van der Waals surface area contributed by atoms with Crippen LogP contribution in [-0.2, 0) is 16.5 Å². The number of unbranched alkanes of at least 4 members (excludes halogenated alkanes) is 3. The molecule has 0 N–H and O–H groups in total. The molecule has 0 spiro atoms. The third-order valence-electron chi connectivity index (χ3n) is 3.49. The maximum Gasteiger partial charge on any atom is 1.00 e. The van der Waals surface area contributed by atoms with Crippen LogP contribution in [0.4, 0.5) is 0 Å². The zero-order valence-corrected chi connectivity index (χ0v) is 15.4. The van der Waals surface area contributed by atoms with Gasteiger partial charge in [0.05, 0.1) is 4.90 Å². The number of aryl methyl sites for hydroxylation is 1. The Labute approximate surface area is 148 Å². The van der Waals surface area contributed by atoms with Crippen molar-refractivity contribution in [3.63, 3.8) is 0 Å². The average Bonchev–Trinajstić information content (AvgIpc) is 2.41. The zero-order valence-electron chi connectivity index (χ0n) is 12.6. The topological polar surface area (TPSA) is 57.2 Å². The van der Waals surface area contributed by atoms with Crippen LogP contribution in [-0.4, -0.2) is 13.0 Å². The number of benzene rings is 2. The Morgan fingerprint density at radius 1 is 1.05 bits per heavy atom. The summed E-state index contributed by atoms with van der Waals surface area (Å²) in [4.78, 5) is -0.132. The van der Waals surface area contributed by atoms with E-state index in [9.17, 15) is 13.0 Å². The largest absolute Gasteiger partial charge is 1.00 e. The molecular weight excluding hydrogens is 295 g/mol. The Balaban J connectivity index is 0.00000220. The summed E-state index contributed by atoms with van der Waals surface area (Å²) in [6.07, 6.45) is 5.79. The quantitative estimate of drug-likeness (QED) is 0.452. The predicted octanol–water partition coefficient (Wildman–Crippen LogP) is 0.871. The molecule has 0 aromatic heterocycles. The number of hydrogen-bond donors (Lipinski definition) is 0. The smallest absolute Gasteiger partial charge is 0.744 e. The Bertz CT molecular complexity index is 696. The molecule has 2 rings (SSSR count). The summed E-state index contributed by atoms with van der Waals surface area (Å²) in [6, 6.07) is 10.5. The minimum Gasteiger partial charge on any atom is -0.744 e. The minimum atomic E-state index is -4.42. The Hall–Kier alpha value is -0.390. The van der Waals surface area contributed by atoms with Crippen LogP contribution in [0.5, 0.6) is 0 Å². The second kappa shape index (κ2) is 8.30. The first-order valence-corrected chi connectivity index (χ1v) is 8.41. The van der Waals surface area contributed by atoms with Gasteiger partial charge >= 0.3 is 29.6 Å². The molecule has 0 heterocycles. The summed E-state index contributed by atoms with van der Waals surface area (Å²) in [6.45, 7) is 2.18. The maximum absolute atomic E-state index is 11.2. The molecule has 21 heavy (non-hydrogen) atoms. The molecule has 0 saturated carbocycles. The van der Waals surface area contributed by atoms with E-state index in [1.165, 1.54) is 30.9 Å². The summed E-state index contributed by atoms with van der Waals surface area (Å²) >= 11 is 0. The Kier molecular flexibility index (Phi) is 7.37. The van der Waals surface area contributed by atoms with Crippen LogP contribution in [0.2, 0.25) is 0 Å². The first-order valence-electron chi connectivity index (χ1n) is 7.00. The molecule has 0 radical (unpaired) electrons. The molecule has 2 aromatic carbocycles. The SMILES string of the molecule is CCCCCCc1ccc2c(S(=O)(=O)[O-])cccc2c1.[Na+]. The second-order valence-electron chi connectivity index (χ2n) is 5.08. The van der Waals surface area contributed by atoms with E-state index in [0.717, 1.165) is 18.2 Å². The van der Waals surface area contributed by atoms with Gasteiger partial charge in [0.2, 0.25) is 0 Å². The summed E-state index contributed by atoms with van der Waals surface area (Å²) in [5, 5.41) is 1.33. The van der Waals surface area contributed by atoms with Gasteiger partial charge in [-0.2, -0.15) is 0 Å². The maximum atomic E-state index is 11.2. The van der Waals surface area contributed by atoms with Crippen molar-refractivity contribution in [2.45, 2.75) is 43.9 Å². The van der Waals surface area contributed by atoms with Gasteiger partial charge in [0.1, 0.15) is 10.1 Å². The van der Waals surface area contributed by atoms with Gasteiger partial charge in [-0.15, -0.1) is 0 Å². The van der Waals surface area contributed by atoms with Crippen molar-refractivity contribution in [2.24, 2.45) is 0 Å². The van der Waals surface area contributed by atoms with E-state index >= 15 is 0 Å². The average molecular weight is 314 g/mol. The molecule has 0 bridgehead atoms.